The van der Waals surface area contributed by atoms with E-state index in [0.717, 1.165) is 16.4 Å². The standard InChI is InChI=1S/C20H22FN3O6S/c21-15-6-5-14(13-18(15)31(27,28)23-8-11-29-12-9-23)22-19(25)16-3-1-7-24(16)20(26)17-4-2-10-30-17/h2,4-6,10,13,16H,1,3,7-9,11-12H2,(H,22,25). The van der Waals surface area contributed by atoms with Crippen molar-refractivity contribution in [2.45, 2.75) is 23.8 Å². The number of carbonyl (C=O) groups is 2. The molecule has 9 nitrogen and oxygen atoms in total. The van der Waals surface area contributed by atoms with Crippen molar-refractivity contribution in [3.63, 3.8) is 0 Å². The van der Waals surface area contributed by atoms with Gasteiger partial charge in [-0.15, -0.1) is 0 Å². The maximum atomic E-state index is 14.4. The molecule has 0 saturated carbocycles. The van der Waals surface area contributed by atoms with Gasteiger partial charge in [0, 0.05) is 25.3 Å². The van der Waals surface area contributed by atoms with E-state index in [9.17, 15) is 22.4 Å². The molecular weight excluding hydrogens is 429 g/mol. The molecule has 1 unspecified atom stereocenters. The molecule has 0 aliphatic carbocycles. The van der Waals surface area contributed by atoms with Crippen LogP contribution in [-0.4, -0.2) is 68.3 Å². The first-order chi connectivity index (χ1) is 14.9. The van der Waals surface area contributed by atoms with Crippen molar-refractivity contribution in [3.05, 3.63) is 48.2 Å². The average Bonchev–Trinajstić information content (AvgIpc) is 3.47. The Morgan fingerprint density at radius 1 is 1.13 bits per heavy atom. The Kier molecular flexibility index (Phi) is 6.08. The van der Waals surface area contributed by atoms with Gasteiger partial charge in [-0.3, -0.25) is 9.59 Å². The van der Waals surface area contributed by atoms with Gasteiger partial charge in [-0.25, -0.2) is 12.8 Å². The third-order valence-corrected chi connectivity index (χ3v) is 7.25. The predicted molar refractivity (Wildman–Crippen MR) is 107 cm³/mol. The topological polar surface area (TPSA) is 109 Å². The van der Waals surface area contributed by atoms with E-state index in [2.05, 4.69) is 5.32 Å². The molecule has 0 radical (unpaired) electrons. The van der Waals surface area contributed by atoms with E-state index in [4.69, 9.17) is 9.15 Å². The van der Waals surface area contributed by atoms with Crippen molar-refractivity contribution in [2.24, 2.45) is 0 Å². The lowest BCUT2D eigenvalue weighted by Crippen LogP contribution is -2.43. The van der Waals surface area contributed by atoms with E-state index >= 15 is 0 Å². The number of carbonyl (C=O) groups excluding carboxylic acids is 2. The first-order valence-electron chi connectivity index (χ1n) is 9.91. The lowest BCUT2D eigenvalue weighted by molar-refractivity contribution is -0.119. The van der Waals surface area contributed by atoms with Crippen LogP contribution in [0.1, 0.15) is 23.4 Å². The molecule has 1 aromatic carbocycles. The van der Waals surface area contributed by atoms with Gasteiger partial charge in [-0.05, 0) is 43.2 Å². The van der Waals surface area contributed by atoms with Crippen LogP contribution < -0.4 is 5.32 Å². The maximum absolute atomic E-state index is 14.4. The molecule has 2 fully saturated rings. The number of likely N-dealkylation sites (tertiary alicyclic amines) is 1. The summed E-state index contributed by atoms with van der Waals surface area (Å²) in [4.78, 5) is 26.3. The Morgan fingerprint density at radius 2 is 1.90 bits per heavy atom. The van der Waals surface area contributed by atoms with Crippen LogP contribution in [0, 0.1) is 5.82 Å². The van der Waals surface area contributed by atoms with Crippen LogP contribution >= 0.6 is 0 Å². The van der Waals surface area contributed by atoms with Gasteiger partial charge in [0.25, 0.3) is 5.91 Å². The molecule has 2 aliphatic rings. The molecule has 2 saturated heterocycles. The Morgan fingerprint density at radius 3 is 2.61 bits per heavy atom. The second-order valence-corrected chi connectivity index (χ2v) is 9.19. The summed E-state index contributed by atoms with van der Waals surface area (Å²) >= 11 is 0. The zero-order valence-corrected chi connectivity index (χ0v) is 17.4. The molecule has 3 heterocycles. The van der Waals surface area contributed by atoms with Crippen molar-refractivity contribution in [2.75, 3.05) is 38.2 Å². The van der Waals surface area contributed by atoms with E-state index in [1.54, 1.807) is 6.07 Å². The first kappa shape index (κ1) is 21.5. The summed E-state index contributed by atoms with van der Waals surface area (Å²) in [7, 11) is -4.07. The zero-order valence-electron chi connectivity index (χ0n) is 16.6. The Balaban J connectivity index is 1.52. The number of halogens is 1. The van der Waals surface area contributed by atoms with Crippen LogP contribution in [-0.2, 0) is 19.6 Å². The first-order valence-corrected chi connectivity index (χ1v) is 11.3. The SMILES string of the molecule is O=C(Nc1ccc(F)c(S(=O)(=O)N2CCOCC2)c1)C1CCCN1C(=O)c1ccco1. The highest BCUT2D eigenvalue weighted by Crippen LogP contribution is 2.26. The van der Waals surface area contributed by atoms with Crippen molar-refractivity contribution in [3.8, 4) is 0 Å². The molecule has 0 bridgehead atoms. The van der Waals surface area contributed by atoms with Crippen LogP contribution in [0.5, 0.6) is 0 Å². The molecule has 2 aliphatic heterocycles. The van der Waals surface area contributed by atoms with Gasteiger partial charge < -0.3 is 19.4 Å². The number of hydrogen-bond acceptors (Lipinski definition) is 6. The smallest absolute Gasteiger partial charge is 0.290 e. The summed E-state index contributed by atoms with van der Waals surface area (Å²) in [5, 5.41) is 2.62. The van der Waals surface area contributed by atoms with E-state index < -0.39 is 38.6 Å². The van der Waals surface area contributed by atoms with Crippen molar-refractivity contribution in [1.82, 2.24) is 9.21 Å². The summed E-state index contributed by atoms with van der Waals surface area (Å²) in [5.74, 6) is -1.63. The normalized spacial score (nSPS) is 20.0. The number of amides is 2. The quantitative estimate of drug-likeness (QED) is 0.741. The van der Waals surface area contributed by atoms with E-state index in [-0.39, 0.29) is 37.8 Å². The van der Waals surface area contributed by atoms with Crippen molar-refractivity contribution in [1.29, 1.82) is 0 Å². The van der Waals surface area contributed by atoms with Crippen LogP contribution in [0.25, 0.3) is 0 Å². The molecule has 0 spiro atoms. The predicted octanol–water partition coefficient (Wildman–Crippen LogP) is 1.68. The number of furan rings is 1. The third kappa shape index (κ3) is 4.34. The van der Waals surface area contributed by atoms with Gasteiger partial charge in [0.05, 0.1) is 19.5 Å². The van der Waals surface area contributed by atoms with E-state index in [1.807, 2.05) is 0 Å². The summed E-state index contributed by atoms with van der Waals surface area (Å²) in [6, 6.07) is 5.78. The minimum atomic E-state index is -4.07. The average molecular weight is 451 g/mol. The minimum Gasteiger partial charge on any atom is -0.459 e. The monoisotopic (exact) mass is 451 g/mol. The second-order valence-electron chi connectivity index (χ2n) is 7.28. The lowest BCUT2D eigenvalue weighted by atomic mass is 10.2. The van der Waals surface area contributed by atoms with Crippen LogP contribution in [0.15, 0.2) is 45.9 Å². The molecule has 1 atom stereocenters. The highest BCUT2D eigenvalue weighted by atomic mass is 32.2. The fourth-order valence-corrected chi connectivity index (χ4v) is 5.25. The van der Waals surface area contributed by atoms with Gasteiger partial charge >= 0.3 is 0 Å². The largest absolute Gasteiger partial charge is 0.459 e. The number of morpholine rings is 1. The van der Waals surface area contributed by atoms with E-state index in [0.29, 0.717) is 19.4 Å². The number of sulfonamides is 1. The highest BCUT2D eigenvalue weighted by Gasteiger charge is 2.36. The summed E-state index contributed by atoms with van der Waals surface area (Å²) in [5.41, 5.74) is 0.135. The van der Waals surface area contributed by atoms with Gasteiger partial charge in [0.15, 0.2) is 5.76 Å². The molecular formula is C20H22FN3O6S. The number of nitrogens with one attached hydrogen (secondary N) is 1. The molecule has 31 heavy (non-hydrogen) atoms. The minimum absolute atomic E-state index is 0.129. The van der Waals surface area contributed by atoms with Crippen molar-refractivity contribution < 1.29 is 31.6 Å². The number of hydrogen-bond donors (Lipinski definition) is 1. The fraction of sp³-hybridized carbons (Fsp3) is 0.400. The molecule has 2 amide bonds. The van der Waals surface area contributed by atoms with Gasteiger partial charge in [-0.2, -0.15) is 4.31 Å². The molecule has 2 aromatic rings. The number of rotatable bonds is 5. The molecule has 1 aromatic heterocycles. The summed E-state index contributed by atoms with van der Waals surface area (Å²) in [6.07, 6.45) is 2.48. The molecule has 1 N–H and O–H groups in total. The summed E-state index contributed by atoms with van der Waals surface area (Å²) < 4.78 is 51.5. The number of anilines is 1. The van der Waals surface area contributed by atoms with Gasteiger partial charge in [0.1, 0.15) is 16.8 Å². The molecule has 4 rings (SSSR count). The van der Waals surface area contributed by atoms with Gasteiger partial charge in [0.2, 0.25) is 15.9 Å². The third-order valence-electron chi connectivity index (χ3n) is 5.33. The zero-order chi connectivity index (χ0) is 22.0. The number of benzene rings is 1. The Hall–Kier alpha value is -2.76. The molecule has 166 valence electrons. The Labute approximate surface area is 178 Å². The van der Waals surface area contributed by atoms with Crippen LogP contribution in [0.3, 0.4) is 0 Å². The fourth-order valence-electron chi connectivity index (χ4n) is 3.75. The van der Waals surface area contributed by atoms with E-state index in [1.165, 1.54) is 23.3 Å². The Bertz CT molecular complexity index is 1070. The number of nitrogens with zero attached hydrogens (tertiary/aromatic N) is 2. The van der Waals surface area contributed by atoms with Crippen LogP contribution in [0.4, 0.5) is 10.1 Å². The second kappa shape index (κ2) is 8.77. The summed E-state index contributed by atoms with van der Waals surface area (Å²) in [6.45, 7) is 1.13. The van der Waals surface area contributed by atoms with Gasteiger partial charge in [-0.1, -0.05) is 0 Å². The highest BCUT2D eigenvalue weighted by molar-refractivity contribution is 7.89. The molecule has 11 heteroatoms. The van der Waals surface area contributed by atoms with Crippen LogP contribution in [0.2, 0.25) is 0 Å². The lowest BCUT2D eigenvalue weighted by Gasteiger charge is -2.26. The van der Waals surface area contributed by atoms with Crippen molar-refractivity contribution >= 4 is 27.5 Å². The number of ether oxygens (including phenoxy) is 1. The maximum Gasteiger partial charge on any atom is 0.290 e.